The van der Waals surface area contributed by atoms with Crippen molar-refractivity contribution >= 4 is 29.4 Å². The Hall–Kier alpha value is -3.52. The minimum Gasteiger partial charge on any atom is -0.452 e. The smallest absolute Gasteiger partial charge is 0.338 e. The fourth-order valence-corrected chi connectivity index (χ4v) is 3.37. The Balaban J connectivity index is 1.75. The van der Waals surface area contributed by atoms with E-state index in [2.05, 4.69) is 5.32 Å². The first-order valence-corrected chi connectivity index (χ1v) is 9.78. The second kappa shape index (κ2) is 9.09. The normalized spacial score (nSPS) is 13.7. The van der Waals surface area contributed by atoms with E-state index in [-0.39, 0.29) is 22.7 Å². The summed E-state index contributed by atoms with van der Waals surface area (Å²) in [5.41, 5.74) is 2.64. The topological polar surface area (TPSA) is 102 Å². The summed E-state index contributed by atoms with van der Waals surface area (Å²) in [6, 6.07) is 9.45. The molecule has 1 aliphatic heterocycles. The molecule has 31 heavy (non-hydrogen) atoms. The SMILES string of the molecule is COC[C@@H](C)NC(=O)COC(=O)c1ccc2c(c1)C(=O)N(c1cc(C)ccc1C)C2=O. The van der Waals surface area contributed by atoms with Crippen molar-refractivity contribution in [1.82, 2.24) is 5.32 Å². The van der Waals surface area contributed by atoms with E-state index in [1.54, 1.807) is 13.0 Å². The summed E-state index contributed by atoms with van der Waals surface area (Å²) < 4.78 is 9.96. The molecule has 1 heterocycles. The van der Waals surface area contributed by atoms with Crippen molar-refractivity contribution in [2.24, 2.45) is 0 Å². The van der Waals surface area contributed by atoms with E-state index in [1.165, 1.54) is 25.3 Å². The molecule has 0 bridgehead atoms. The number of imide groups is 1. The number of rotatable bonds is 7. The van der Waals surface area contributed by atoms with Crippen molar-refractivity contribution in [3.05, 3.63) is 64.2 Å². The predicted molar refractivity (Wildman–Crippen MR) is 113 cm³/mol. The number of carbonyl (C=O) groups is 4. The molecule has 0 radical (unpaired) electrons. The molecule has 1 N–H and O–H groups in total. The molecule has 1 aliphatic rings. The van der Waals surface area contributed by atoms with Crippen LogP contribution in [-0.4, -0.2) is 50.1 Å². The van der Waals surface area contributed by atoms with Gasteiger partial charge in [-0.3, -0.25) is 14.4 Å². The average Bonchev–Trinajstić information content (AvgIpc) is 2.98. The third kappa shape index (κ3) is 4.64. The van der Waals surface area contributed by atoms with Crippen molar-refractivity contribution in [3.8, 4) is 0 Å². The van der Waals surface area contributed by atoms with Gasteiger partial charge in [0.15, 0.2) is 6.61 Å². The number of fused-ring (bicyclic) bond motifs is 1. The van der Waals surface area contributed by atoms with Gasteiger partial charge in [-0.15, -0.1) is 0 Å². The lowest BCUT2D eigenvalue weighted by molar-refractivity contribution is -0.125. The minimum atomic E-state index is -0.761. The van der Waals surface area contributed by atoms with Crippen LogP contribution in [0.5, 0.6) is 0 Å². The number of benzene rings is 2. The van der Waals surface area contributed by atoms with Gasteiger partial charge in [-0.25, -0.2) is 9.69 Å². The predicted octanol–water partition coefficient (Wildman–Crippen LogP) is 2.41. The number of hydrogen-bond acceptors (Lipinski definition) is 6. The number of methoxy groups -OCH3 is 1. The highest BCUT2D eigenvalue weighted by atomic mass is 16.5. The van der Waals surface area contributed by atoms with Crippen molar-refractivity contribution in [2.75, 3.05) is 25.2 Å². The molecule has 8 nitrogen and oxygen atoms in total. The van der Waals surface area contributed by atoms with Crippen LogP contribution in [0.1, 0.15) is 49.1 Å². The molecule has 162 valence electrons. The van der Waals surface area contributed by atoms with E-state index >= 15 is 0 Å². The van der Waals surface area contributed by atoms with Gasteiger partial charge in [0.05, 0.1) is 29.0 Å². The van der Waals surface area contributed by atoms with Crippen LogP contribution in [0.3, 0.4) is 0 Å². The quantitative estimate of drug-likeness (QED) is 0.541. The number of ether oxygens (including phenoxy) is 2. The zero-order chi connectivity index (χ0) is 22.7. The largest absolute Gasteiger partial charge is 0.452 e. The van der Waals surface area contributed by atoms with Crippen LogP contribution in [0, 0.1) is 13.8 Å². The van der Waals surface area contributed by atoms with Gasteiger partial charge in [-0.05, 0) is 56.2 Å². The van der Waals surface area contributed by atoms with Gasteiger partial charge in [-0.1, -0.05) is 12.1 Å². The first-order chi connectivity index (χ1) is 14.7. The fourth-order valence-electron chi connectivity index (χ4n) is 3.37. The Kier molecular flexibility index (Phi) is 6.50. The number of hydrogen-bond donors (Lipinski definition) is 1. The summed E-state index contributed by atoms with van der Waals surface area (Å²) in [7, 11) is 1.52. The molecule has 0 saturated carbocycles. The Morgan fingerprint density at radius 1 is 1.03 bits per heavy atom. The van der Waals surface area contributed by atoms with Crippen LogP contribution in [0.4, 0.5) is 5.69 Å². The van der Waals surface area contributed by atoms with Crippen LogP contribution < -0.4 is 10.2 Å². The monoisotopic (exact) mass is 424 g/mol. The second-order valence-corrected chi connectivity index (χ2v) is 7.50. The maximum atomic E-state index is 13.0. The number of amides is 3. The van der Waals surface area contributed by atoms with Crippen molar-refractivity contribution in [2.45, 2.75) is 26.8 Å². The summed E-state index contributed by atoms with van der Waals surface area (Å²) >= 11 is 0. The van der Waals surface area contributed by atoms with Gasteiger partial charge in [0.25, 0.3) is 17.7 Å². The summed E-state index contributed by atoms with van der Waals surface area (Å²) in [5, 5.41) is 2.63. The first-order valence-electron chi connectivity index (χ1n) is 9.78. The van der Waals surface area contributed by atoms with E-state index in [0.29, 0.717) is 12.3 Å². The molecule has 1 atom stereocenters. The van der Waals surface area contributed by atoms with E-state index < -0.39 is 30.3 Å². The van der Waals surface area contributed by atoms with Gasteiger partial charge in [0.2, 0.25) is 0 Å². The van der Waals surface area contributed by atoms with Gasteiger partial charge in [-0.2, -0.15) is 0 Å². The second-order valence-electron chi connectivity index (χ2n) is 7.50. The Morgan fingerprint density at radius 3 is 2.45 bits per heavy atom. The molecule has 8 heteroatoms. The van der Waals surface area contributed by atoms with Crippen LogP contribution in [0.15, 0.2) is 36.4 Å². The Morgan fingerprint density at radius 2 is 1.74 bits per heavy atom. The lowest BCUT2D eigenvalue weighted by atomic mass is 10.1. The van der Waals surface area contributed by atoms with Crippen LogP contribution >= 0.6 is 0 Å². The van der Waals surface area contributed by atoms with Crippen LogP contribution in [0.25, 0.3) is 0 Å². The molecule has 0 aliphatic carbocycles. The van der Waals surface area contributed by atoms with E-state index in [1.807, 2.05) is 26.0 Å². The van der Waals surface area contributed by atoms with E-state index in [0.717, 1.165) is 16.0 Å². The van der Waals surface area contributed by atoms with Crippen molar-refractivity contribution in [3.63, 3.8) is 0 Å². The highest BCUT2D eigenvalue weighted by Gasteiger charge is 2.38. The molecule has 0 spiro atoms. The van der Waals surface area contributed by atoms with Crippen LogP contribution in [0.2, 0.25) is 0 Å². The van der Waals surface area contributed by atoms with Gasteiger partial charge < -0.3 is 14.8 Å². The third-order valence-electron chi connectivity index (χ3n) is 4.89. The maximum absolute atomic E-state index is 13.0. The molecule has 2 aromatic carbocycles. The number of aryl methyl sites for hydroxylation is 2. The van der Waals surface area contributed by atoms with Gasteiger partial charge in [0.1, 0.15) is 0 Å². The van der Waals surface area contributed by atoms with Crippen molar-refractivity contribution in [1.29, 1.82) is 0 Å². The summed E-state index contributed by atoms with van der Waals surface area (Å²) in [4.78, 5) is 51.2. The summed E-state index contributed by atoms with van der Waals surface area (Å²) in [6.45, 7) is 5.32. The molecule has 0 unspecified atom stereocenters. The van der Waals surface area contributed by atoms with E-state index in [9.17, 15) is 19.2 Å². The Labute approximate surface area is 180 Å². The third-order valence-corrected chi connectivity index (χ3v) is 4.89. The summed E-state index contributed by atoms with van der Waals surface area (Å²) in [5.74, 6) is -2.18. The molecule has 0 aromatic heterocycles. The molecule has 0 fully saturated rings. The molecule has 3 amide bonds. The number of nitrogens with zero attached hydrogens (tertiary/aromatic N) is 1. The molecule has 2 aromatic rings. The minimum absolute atomic E-state index is 0.0838. The maximum Gasteiger partial charge on any atom is 0.338 e. The zero-order valence-corrected chi connectivity index (χ0v) is 17.9. The fraction of sp³-hybridized carbons (Fsp3) is 0.304. The number of nitrogens with one attached hydrogen (secondary N) is 1. The molecular weight excluding hydrogens is 400 g/mol. The lowest BCUT2D eigenvalue weighted by Gasteiger charge is -2.17. The Bertz CT molecular complexity index is 1060. The average molecular weight is 424 g/mol. The standard InChI is InChI=1S/C23H24N2O6/c1-13-5-6-14(2)19(9-13)25-21(27)17-8-7-16(10-18(17)22(25)28)23(29)31-12-20(26)24-15(3)11-30-4/h5-10,15H,11-12H2,1-4H3,(H,24,26)/t15-/m1/s1. The number of carbonyl (C=O) groups excluding carboxylic acids is 4. The zero-order valence-electron chi connectivity index (χ0n) is 17.9. The number of esters is 1. The van der Waals surface area contributed by atoms with E-state index in [4.69, 9.17) is 9.47 Å². The van der Waals surface area contributed by atoms with Crippen molar-refractivity contribution < 1.29 is 28.7 Å². The van der Waals surface area contributed by atoms with Gasteiger partial charge >= 0.3 is 5.97 Å². The lowest BCUT2D eigenvalue weighted by Crippen LogP contribution is -2.38. The van der Waals surface area contributed by atoms with Crippen LogP contribution in [-0.2, 0) is 14.3 Å². The van der Waals surface area contributed by atoms with Gasteiger partial charge in [0, 0.05) is 13.2 Å². The highest BCUT2D eigenvalue weighted by molar-refractivity contribution is 6.35. The molecular formula is C23H24N2O6. The first kappa shape index (κ1) is 22.2. The summed E-state index contributed by atoms with van der Waals surface area (Å²) in [6.07, 6.45) is 0. The molecule has 0 saturated heterocycles. The highest BCUT2D eigenvalue weighted by Crippen LogP contribution is 2.31. The molecule has 3 rings (SSSR count). The number of anilines is 1.